The Morgan fingerprint density at radius 3 is 2.82 bits per heavy atom. The van der Waals surface area contributed by atoms with Gasteiger partial charge >= 0.3 is 0 Å². The predicted molar refractivity (Wildman–Crippen MR) is 64.3 cm³/mol. The maximum absolute atomic E-state index is 12.1. The van der Waals surface area contributed by atoms with Crippen molar-refractivity contribution in [2.45, 2.75) is 19.4 Å². The molecule has 3 nitrogen and oxygen atoms in total. The molecular weight excluding hydrogens is 238 g/mol. The Morgan fingerprint density at radius 1 is 1.41 bits per heavy atom. The topological polar surface area (TPSA) is 37.4 Å². The number of nitrogens with zero attached hydrogens (tertiary/aromatic N) is 1. The number of hydrogen-bond donors (Lipinski definition) is 0. The van der Waals surface area contributed by atoms with Gasteiger partial charge in [-0.3, -0.25) is 9.59 Å². The Hall–Kier alpha value is -1.35. The van der Waals surface area contributed by atoms with E-state index in [-0.39, 0.29) is 5.91 Å². The third kappa shape index (κ3) is 1.84. The smallest absolute Gasteiger partial charge is 0.256 e. The van der Waals surface area contributed by atoms with Crippen molar-refractivity contribution in [1.82, 2.24) is 4.90 Å². The summed E-state index contributed by atoms with van der Waals surface area (Å²) >= 11 is 6.06. The molecule has 1 aliphatic heterocycles. The average Bonchev–Trinajstić information content (AvgIpc) is 3.05. The molecule has 1 fully saturated rings. The van der Waals surface area contributed by atoms with Crippen LogP contribution in [0.1, 0.15) is 39.1 Å². The van der Waals surface area contributed by atoms with Gasteiger partial charge in [-0.2, -0.15) is 0 Å². The number of fused-ring (bicyclic) bond motifs is 1. The molecule has 0 unspecified atom stereocenters. The highest BCUT2D eigenvalue weighted by atomic mass is 35.5. The minimum absolute atomic E-state index is 0.00866. The zero-order chi connectivity index (χ0) is 12.0. The molecule has 0 saturated heterocycles. The van der Waals surface area contributed by atoms with E-state index in [0.29, 0.717) is 28.6 Å². The first-order valence-corrected chi connectivity index (χ1v) is 6.13. The fraction of sp³-hybridized carbons (Fsp3) is 0.385. The number of halogens is 1. The fourth-order valence-electron chi connectivity index (χ4n) is 2.31. The Bertz CT molecular complexity index is 508. The lowest BCUT2D eigenvalue weighted by Crippen LogP contribution is -2.26. The minimum Gasteiger partial charge on any atom is -0.334 e. The average molecular weight is 250 g/mol. The molecule has 1 aromatic rings. The molecule has 1 aromatic carbocycles. The van der Waals surface area contributed by atoms with Gasteiger partial charge in [0, 0.05) is 18.7 Å². The van der Waals surface area contributed by atoms with Crippen LogP contribution >= 0.6 is 11.6 Å². The van der Waals surface area contributed by atoms with Crippen molar-refractivity contribution in [1.29, 1.82) is 0 Å². The number of benzene rings is 1. The molecule has 0 aromatic heterocycles. The molecule has 1 amide bonds. The molecule has 1 heterocycles. The largest absolute Gasteiger partial charge is 0.334 e. The van der Waals surface area contributed by atoms with E-state index in [1.54, 1.807) is 12.1 Å². The van der Waals surface area contributed by atoms with Crippen LogP contribution < -0.4 is 0 Å². The van der Waals surface area contributed by atoms with Gasteiger partial charge in [0.2, 0.25) is 0 Å². The molecule has 0 radical (unpaired) electrons. The van der Waals surface area contributed by atoms with Crippen molar-refractivity contribution in [2.75, 3.05) is 6.54 Å². The van der Waals surface area contributed by atoms with Crippen LogP contribution in [0.5, 0.6) is 0 Å². The van der Waals surface area contributed by atoms with E-state index in [2.05, 4.69) is 0 Å². The van der Waals surface area contributed by atoms with Crippen LogP contribution in [0.25, 0.3) is 0 Å². The third-order valence-electron chi connectivity index (χ3n) is 3.37. The molecule has 1 saturated carbocycles. The van der Waals surface area contributed by atoms with Gasteiger partial charge in [-0.25, -0.2) is 0 Å². The quantitative estimate of drug-likeness (QED) is 0.772. The molecule has 2 aliphatic rings. The predicted octanol–water partition coefficient (Wildman–Crippen LogP) is 2.52. The molecule has 0 N–H and O–H groups in total. The molecule has 0 atom stereocenters. The van der Waals surface area contributed by atoms with Crippen LogP contribution in [0.15, 0.2) is 12.1 Å². The molecule has 0 bridgehead atoms. The summed E-state index contributed by atoms with van der Waals surface area (Å²) in [6.07, 6.45) is 3.20. The Labute approximate surface area is 104 Å². The van der Waals surface area contributed by atoms with Crippen molar-refractivity contribution in [3.63, 3.8) is 0 Å². The second-order valence-corrected chi connectivity index (χ2v) is 5.19. The molecule has 1 aliphatic carbocycles. The zero-order valence-electron chi connectivity index (χ0n) is 9.28. The third-order valence-corrected chi connectivity index (χ3v) is 3.67. The van der Waals surface area contributed by atoms with Crippen molar-refractivity contribution < 1.29 is 9.59 Å². The second kappa shape index (κ2) is 3.84. The summed E-state index contributed by atoms with van der Waals surface area (Å²) in [5.41, 5.74) is 2.00. The molecular formula is C13H12ClNO2. The summed E-state index contributed by atoms with van der Waals surface area (Å²) in [6.45, 7) is 1.41. The van der Waals surface area contributed by atoms with Crippen molar-refractivity contribution in [3.8, 4) is 0 Å². The number of hydrogen-bond acceptors (Lipinski definition) is 2. The van der Waals surface area contributed by atoms with E-state index in [1.165, 1.54) is 12.8 Å². The highest BCUT2D eigenvalue weighted by Crippen LogP contribution is 2.35. The number of carbonyl (C=O) groups is 2. The van der Waals surface area contributed by atoms with Gasteiger partial charge in [0.05, 0.1) is 10.6 Å². The normalized spacial score (nSPS) is 18.4. The molecule has 3 rings (SSSR count). The van der Waals surface area contributed by atoms with Crippen LogP contribution in [0.3, 0.4) is 0 Å². The molecule has 88 valence electrons. The summed E-state index contributed by atoms with van der Waals surface area (Å²) in [7, 11) is 0. The van der Waals surface area contributed by atoms with Crippen LogP contribution in [-0.4, -0.2) is 23.6 Å². The van der Waals surface area contributed by atoms with E-state index in [1.807, 2.05) is 4.90 Å². The lowest BCUT2D eigenvalue weighted by molar-refractivity contribution is 0.0771. The van der Waals surface area contributed by atoms with Gasteiger partial charge in [0.1, 0.15) is 6.29 Å². The molecule has 4 heteroatoms. The maximum atomic E-state index is 12.1. The Morgan fingerprint density at radius 2 is 2.18 bits per heavy atom. The van der Waals surface area contributed by atoms with E-state index in [0.717, 1.165) is 18.4 Å². The highest BCUT2D eigenvalue weighted by Gasteiger charge is 2.34. The van der Waals surface area contributed by atoms with E-state index in [4.69, 9.17) is 11.6 Å². The highest BCUT2D eigenvalue weighted by molar-refractivity contribution is 6.34. The lowest BCUT2D eigenvalue weighted by atomic mass is 10.1. The maximum Gasteiger partial charge on any atom is 0.256 e. The Kier molecular flexibility index (Phi) is 2.44. The molecule has 17 heavy (non-hydrogen) atoms. The number of aldehydes is 1. The Balaban J connectivity index is 1.94. The van der Waals surface area contributed by atoms with E-state index < -0.39 is 0 Å². The van der Waals surface area contributed by atoms with Crippen LogP contribution in [0.4, 0.5) is 0 Å². The van der Waals surface area contributed by atoms with Crippen LogP contribution in [0.2, 0.25) is 5.02 Å². The molecule has 0 spiro atoms. The SMILES string of the molecule is O=Cc1cc(Cl)c2c(c1)CN(CC1CC1)C2=O. The number of amides is 1. The first-order chi connectivity index (χ1) is 8.19. The van der Waals surface area contributed by atoms with Crippen LogP contribution in [-0.2, 0) is 6.54 Å². The van der Waals surface area contributed by atoms with Gasteiger partial charge in [0.15, 0.2) is 0 Å². The standard InChI is InChI=1S/C13H12ClNO2/c14-11-4-9(7-16)3-10-6-15(5-8-1-2-8)13(17)12(10)11/h3-4,7-8H,1-2,5-6H2. The van der Waals surface area contributed by atoms with Crippen molar-refractivity contribution in [2.24, 2.45) is 5.92 Å². The zero-order valence-corrected chi connectivity index (χ0v) is 10.0. The van der Waals surface area contributed by atoms with Crippen molar-refractivity contribution in [3.05, 3.63) is 33.8 Å². The van der Waals surface area contributed by atoms with E-state index in [9.17, 15) is 9.59 Å². The van der Waals surface area contributed by atoms with Crippen molar-refractivity contribution >= 4 is 23.8 Å². The number of rotatable bonds is 3. The van der Waals surface area contributed by atoms with Gasteiger partial charge in [-0.05, 0) is 36.5 Å². The summed E-state index contributed by atoms with van der Waals surface area (Å²) in [5, 5.41) is 0.396. The van der Waals surface area contributed by atoms with Gasteiger partial charge in [0.25, 0.3) is 5.91 Å². The fourth-order valence-corrected chi connectivity index (χ4v) is 2.64. The monoisotopic (exact) mass is 249 g/mol. The lowest BCUT2D eigenvalue weighted by Gasteiger charge is -2.14. The number of carbonyl (C=O) groups excluding carboxylic acids is 2. The van der Waals surface area contributed by atoms with Gasteiger partial charge in [-0.15, -0.1) is 0 Å². The van der Waals surface area contributed by atoms with Gasteiger partial charge in [-0.1, -0.05) is 11.6 Å². The van der Waals surface area contributed by atoms with E-state index >= 15 is 0 Å². The second-order valence-electron chi connectivity index (χ2n) is 4.78. The summed E-state index contributed by atoms with van der Waals surface area (Å²) in [6, 6.07) is 3.32. The van der Waals surface area contributed by atoms with Crippen LogP contribution in [0, 0.1) is 5.92 Å². The minimum atomic E-state index is 0.00866. The first kappa shape index (κ1) is 10.8. The summed E-state index contributed by atoms with van der Waals surface area (Å²) in [4.78, 5) is 24.7. The summed E-state index contributed by atoms with van der Waals surface area (Å²) < 4.78 is 0. The van der Waals surface area contributed by atoms with Gasteiger partial charge < -0.3 is 4.90 Å². The summed E-state index contributed by atoms with van der Waals surface area (Å²) in [5.74, 6) is 0.673. The first-order valence-electron chi connectivity index (χ1n) is 5.76.